The van der Waals surface area contributed by atoms with Crippen molar-refractivity contribution in [1.82, 2.24) is 4.76 Å². The van der Waals surface area contributed by atoms with Crippen molar-refractivity contribution in [2.75, 3.05) is 0 Å². The molecule has 0 fully saturated rings. The molecule has 6 nitrogen and oxygen atoms in total. The van der Waals surface area contributed by atoms with E-state index in [4.69, 9.17) is 21.7 Å². The first-order chi connectivity index (χ1) is 14.7. The lowest BCUT2D eigenvalue weighted by atomic mass is 9.91. The number of rotatable bonds is 5. The first kappa shape index (κ1) is 21.7. The van der Waals surface area contributed by atoms with Crippen molar-refractivity contribution < 1.29 is 17.5 Å². The van der Waals surface area contributed by atoms with E-state index in [2.05, 4.69) is 0 Å². The first-order valence-corrected chi connectivity index (χ1v) is 11.6. The third-order valence-corrected chi connectivity index (χ3v) is 7.03. The number of hydroxylamine groups is 1. The molecule has 0 amide bonds. The summed E-state index contributed by atoms with van der Waals surface area (Å²) < 4.78 is 30.9. The number of nitrogens with zero attached hydrogens (tertiary/aromatic N) is 1. The molecule has 1 aliphatic rings. The number of carbonyl (C=O) groups is 1. The fraction of sp³-hybridized carbons (Fsp3) is 0.174. The molecule has 0 spiro atoms. The van der Waals surface area contributed by atoms with Crippen LogP contribution in [0.5, 0.6) is 0 Å². The van der Waals surface area contributed by atoms with Crippen molar-refractivity contribution >= 4 is 33.2 Å². The monoisotopic (exact) mass is 457 g/mol. The minimum absolute atomic E-state index is 0.0261. The highest BCUT2D eigenvalue weighted by Crippen LogP contribution is 2.38. The number of nitrogens with two attached hydrogens (primary N) is 1. The zero-order valence-electron chi connectivity index (χ0n) is 16.9. The highest BCUT2D eigenvalue weighted by Gasteiger charge is 2.51. The van der Waals surface area contributed by atoms with E-state index in [-0.39, 0.29) is 10.7 Å². The van der Waals surface area contributed by atoms with Crippen LogP contribution in [0, 0.1) is 6.92 Å². The number of Topliss-reactive ketones (excluding diaryl/α,β-unsaturated/α-hetero) is 1. The molecular formula is C23H22ClN2O4S+. The maximum atomic E-state index is 13.4. The van der Waals surface area contributed by atoms with Gasteiger partial charge in [0.2, 0.25) is 11.8 Å². The molecule has 2 atom stereocenters. The molecule has 2 N–H and O–H groups in total. The number of quaternary nitrogens is 1. The fourth-order valence-electron chi connectivity index (χ4n) is 3.83. The summed E-state index contributed by atoms with van der Waals surface area (Å²) >= 11 is 5.95. The molecule has 0 bridgehead atoms. The van der Waals surface area contributed by atoms with Gasteiger partial charge in [0.05, 0.1) is 4.90 Å². The summed E-state index contributed by atoms with van der Waals surface area (Å²) in [5, 5.41) is 0.497. The summed E-state index contributed by atoms with van der Waals surface area (Å²) in [6, 6.07) is 18.9. The van der Waals surface area contributed by atoms with Crippen LogP contribution in [-0.4, -0.2) is 20.2 Å². The molecule has 0 saturated carbocycles. The lowest BCUT2D eigenvalue weighted by Gasteiger charge is -2.38. The number of aryl methyl sites for hydroxylation is 2. The average Bonchev–Trinajstić information content (AvgIpc) is 2.74. The average molecular weight is 458 g/mol. The van der Waals surface area contributed by atoms with Crippen LogP contribution in [-0.2, 0) is 20.8 Å². The van der Waals surface area contributed by atoms with Crippen LogP contribution in [0.15, 0.2) is 77.7 Å². The minimum atomic E-state index is -4.26. The molecule has 31 heavy (non-hydrogen) atoms. The van der Waals surface area contributed by atoms with Crippen molar-refractivity contribution in [1.29, 1.82) is 0 Å². The highest BCUT2D eigenvalue weighted by molar-refractivity contribution is 7.86. The van der Waals surface area contributed by atoms with Crippen LogP contribution in [0.25, 0.3) is 0 Å². The van der Waals surface area contributed by atoms with E-state index in [9.17, 15) is 13.2 Å². The molecule has 3 aromatic rings. The van der Waals surface area contributed by atoms with Crippen molar-refractivity contribution in [3.63, 3.8) is 0 Å². The molecule has 0 aliphatic carbocycles. The number of carbonyl (C=O) groups excluding carboxylic acids is 1. The Hall–Kier alpha value is -2.55. The maximum Gasteiger partial charge on any atom is 0.345 e. The Morgan fingerprint density at radius 2 is 1.68 bits per heavy atom. The molecule has 0 saturated heterocycles. The Kier molecular flexibility index (Phi) is 5.72. The zero-order valence-corrected chi connectivity index (χ0v) is 18.4. The van der Waals surface area contributed by atoms with E-state index in [1.807, 2.05) is 19.1 Å². The minimum Gasteiger partial charge on any atom is -0.287 e. The molecule has 0 radical (unpaired) electrons. The van der Waals surface area contributed by atoms with Gasteiger partial charge in [0, 0.05) is 28.6 Å². The van der Waals surface area contributed by atoms with Gasteiger partial charge >= 0.3 is 10.1 Å². The van der Waals surface area contributed by atoms with Gasteiger partial charge in [0.1, 0.15) is 0 Å². The Balaban J connectivity index is 1.79. The number of ketones is 1. The Morgan fingerprint density at radius 3 is 2.35 bits per heavy atom. The van der Waals surface area contributed by atoms with Crippen LogP contribution >= 0.6 is 11.6 Å². The lowest BCUT2D eigenvalue weighted by molar-refractivity contribution is -0.0771. The van der Waals surface area contributed by atoms with Crippen LogP contribution in [0.3, 0.4) is 0 Å². The second-order valence-electron chi connectivity index (χ2n) is 7.61. The Bertz CT molecular complexity index is 1230. The molecule has 3 aromatic carbocycles. The van der Waals surface area contributed by atoms with E-state index in [1.54, 1.807) is 48.5 Å². The van der Waals surface area contributed by atoms with Gasteiger partial charge in [0.25, 0.3) is 0 Å². The fourth-order valence-corrected chi connectivity index (χ4v) is 5.02. The number of benzene rings is 3. The normalized spacial score (nSPS) is 20.8. The lowest BCUT2D eigenvalue weighted by Crippen LogP contribution is -2.67. The zero-order chi connectivity index (χ0) is 22.2. The van der Waals surface area contributed by atoms with E-state index >= 15 is 0 Å². The second kappa shape index (κ2) is 8.18. The molecule has 8 heteroatoms. The van der Waals surface area contributed by atoms with Gasteiger partial charge in [-0.25, -0.2) is 0 Å². The first-order valence-electron chi connectivity index (χ1n) is 9.79. The van der Waals surface area contributed by atoms with Crippen molar-refractivity contribution in [3.05, 3.63) is 94.5 Å². The summed E-state index contributed by atoms with van der Waals surface area (Å²) in [5.74, 6) is 6.31. The number of para-hydroxylation sites is 1. The van der Waals surface area contributed by atoms with E-state index in [1.165, 1.54) is 12.1 Å². The van der Waals surface area contributed by atoms with Crippen LogP contribution < -0.4 is 10.6 Å². The van der Waals surface area contributed by atoms with Gasteiger partial charge in [-0.05, 0) is 58.8 Å². The topological polar surface area (TPSA) is 86.5 Å². The molecule has 2 unspecified atom stereocenters. The largest absolute Gasteiger partial charge is 0.345 e. The summed E-state index contributed by atoms with van der Waals surface area (Å²) in [5.41, 5.74) is 2.58. The van der Waals surface area contributed by atoms with Crippen molar-refractivity contribution in [2.24, 2.45) is 5.84 Å². The SMILES string of the molecule is Cc1ccc(S(=O)(=O)O[N+]2(N)c3ccccc3CCC2C(=O)c2ccc(Cl)cc2)cc1. The molecule has 1 heterocycles. The summed E-state index contributed by atoms with van der Waals surface area (Å²) in [6.45, 7) is 1.86. The number of hydrogen-bond acceptors (Lipinski definition) is 5. The van der Waals surface area contributed by atoms with Gasteiger partial charge in [-0.15, -0.1) is 5.84 Å². The highest BCUT2D eigenvalue weighted by atomic mass is 35.5. The van der Waals surface area contributed by atoms with Gasteiger partial charge in [-0.2, -0.15) is 8.42 Å². The van der Waals surface area contributed by atoms with Gasteiger partial charge in [0.15, 0.2) is 5.69 Å². The third-order valence-electron chi connectivity index (χ3n) is 5.48. The molecule has 1 aliphatic heterocycles. The number of fused-ring (bicyclic) bond motifs is 1. The standard InChI is InChI=1S/C23H22ClN2O4S/c1-16-6-13-20(14-7-16)31(28,29)30-26(25)21-5-3-2-4-17(21)10-15-22(26)23(27)18-8-11-19(24)12-9-18/h2-9,11-14,22H,10,15,25H2,1H3/q+1. The van der Waals surface area contributed by atoms with E-state index in [0.717, 1.165) is 11.1 Å². The summed E-state index contributed by atoms with van der Waals surface area (Å²) in [7, 11) is -4.26. The Morgan fingerprint density at radius 1 is 1.03 bits per heavy atom. The van der Waals surface area contributed by atoms with Gasteiger partial charge in [-0.3, -0.25) is 4.79 Å². The van der Waals surface area contributed by atoms with Crippen molar-refractivity contribution in [2.45, 2.75) is 30.7 Å². The second-order valence-corrected chi connectivity index (χ2v) is 9.57. The summed E-state index contributed by atoms with van der Waals surface area (Å²) in [6.07, 6.45) is 0.906. The van der Waals surface area contributed by atoms with Crippen LogP contribution in [0.4, 0.5) is 5.69 Å². The Labute approximate surface area is 186 Å². The predicted octanol–water partition coefficient (Wildman–Crippen LogP) is 4.35. The molecule has 0 aromatic heterocycles. The van der Waals surface area contributed by atoms with Gasteiger partial charge < -0.3 is 0 Å². The van der Waals surface area contributed by atoms with Crippen LogP contribution in [0.2, 0.25) is 5.02 Å². The van der Waals surface area contributed by atoms with E-state index in [0.29, 0.717) is 29.1 Å². The smallest absolute Gasteiger partial charge is 0.287 e. The number of hydrogen-bond donors (Lipinski definition) is 1. The third kappa shape index (κ3) is 4.15. The molecule has 160 valence electrons. The molecule has 4 rings (SSSR count). The molecular weight excluding hydrogens is 436 g/mol. The summed E-state index contributed by atoms with van der Waals surface area (Å²) in [4.78, 5) is 13.4. The maximum absolute atomic E-state index is 13.4. The van der Waals surface area contributed by atoms with Crippen molar-refractivity contribution in [3.8, 4) is 0 Å². The van der Waals surface area contributed by atoms with Gasteiger partial charge in [-0.1, -0.05) is 47.5 Å². The van der Waals surface area contributed by atoms with Crippen LogP contribution in [0.1, 0.15) is 27.9 Å². The predicted molar refractivity (Wildman–Crippen MR) is 120 cm³/mol. The number of halogens is 1. The quantitative estimate of drug-likeness (QED) is 0.349. The van der Waals surface area contributed by atoms with E-state index < -0.39 is 20.9 Å².